The van der Waals surface area contributed by atoms with Gasteiger partial charge in [-0.25, -0.2) is 4.79 Å². The first kappa shape index (κ1) is 31.5. The summed E-state index contributed by atoms with van der Waals surface area (Å²) in [7, 11) is 0. The molecule has 4 aliphatic rings. The van der Waals surface area contributed by atoms with Gasteiger partial charge in [-0.05, 0) is 61.9 Å². The number of allylic oxidation sites excluding steroid dienone is 1. The van der Waals surface area contributed by atoms with Crippen LogP contribution in [-0.4, -0.2) is 74.7 Å². The number of ketones is 3. The Labute approximate surface area is 243 Å². The number of carboxylic acids is 2. The molecule has 4 aliphatic carbocycles. The van der Waals surface area contributed by atoms with Crippen LogP contribution in [0.4, 0.5) is 0 Å². The fraction of sp³-hybridized carbons (Fsp3) is 0.700. The number of rotatable bonds is 11. The summed E-state index contributed by atoms with van der Waals surface area (Å²) < 4.78 is 5.07. The van der Waals surface area contributed by atoms with Crippen molar-refractivity contribution in [2.24, 2.45) is 28.6 Å². The van der Waals surface area contributed by atoms with Crippen LogP contribution >= 0.6 is 0 Å². The van der Waals surface area contributed by atoms with E-state index in [0.717, 1.165) is 5.57 Å². The average Bonchev–Trinajstić information content (AvgIpc) is 3.19. The van der Waals surface area contributed by atoms with E-state index in [0.29, 0.717) is 32.1 Å². The Bertz CT molecular complexity index is 1240. The number of carbonyl (C=O) groups excluding carboxylic acids is 5. The summed E-state index contributed by atoms with van der Waals surface area (Å²) >= 11 is 0. The van der Waals surface area contributed by atoms with Crippen molar-refractivity contribution in [2.75, 3.05) is 6.61 Å². The van der Waals surface area contributed by atoms with Crippen molar-refractivity contribution in [2.45, 2.75) is 96.1 Å². The van der Waals surface area contributed by atoms with Gasteiger partial charge in [-0.3, -0.25) is 28.8 Å². The minimum Gasteiger partial charge on any atom is -0.481 e. The fourth-order valence-electron chi connectivity index (χ4n) is 8.19. The molecule has 0 aliphatic heterocycles. The second kappa shape index (κ2) is 11.7. The molecule has 4 N–H and O–H groups in total. The smallest absolute Gasteiger partial charge is 0.326 e. The molecule has 4 rings (SSSR count). The Morgan fingerprint density at radius 1 is 1.02 bits per heavy atom. The summed E-state index contributed by atoms with van der Waals surface area (Å²) in [5.74, 6) is -5.33. The molecule has 0 bridgehead atoms. The van der Waals surface area contributed by atoms with Crippen LogP contribution in [0.5, 0.6) is 0 Å². The Kier molecular flexibility index (Phi) is 8.78. The summed E-state index contributed by atoms with van der Waals surface area (Å²) in [5.41, 5.74) is -2.27. The molecule has 0 aromatic carbocycles. The predicted octanol–water partition coefficient (Wildman–Crippen LogP) is 1.76. The highest BCUT2D eigenvalue weighted by Crippen LogP contribution is 2.66. The van der Waals surface area contributed by atoms with Crippen LogP contribution in [0.2, 0.25) is 0 Å². The number of amides is 1. The first-order valence-corrected chi connectivity index (χ1v) is 14.5. The summed E-state index contributed by atoms with van der Waals surface area (Å²) in [5, 5.41) is 31.7. The normalized spacial score (nSPS) is 34.3. The van der Waals surface area contributed by atoms with Gasteiger partial charge >= 0.3 is 17.9 Å². The van der Waals surface area contributed by atoms with Gasteiger partial charge in [-0.1, -0.05) is 19.4 Å². The molecule has 1 amide bonds. The van der Waals surface area contributed by atoms with Gasteiger partial charge in [-0.15, -0.1) is 0 Å². The van der Waals surface area contributed by atoms with Gasteiger partial charge < -0.3 is 25.4 Å². The van der Waals surface area contributed by atoms with E-state index in [-0.39, 0.29) is 48.6 Å². The number of fused-ring (bicyclic) bond motifs is 5. The lowest BCUT2D eigenvalue weighted by atomic mass is 9.46. The third-order valence-corrected chi connectivity index (χ3v) is 10.5. The van der Waals surface area contributed by atoms with Gasteiger partial charge in [0.2, 0.25) is 11.7 Å². The van der Waals surface area contributed by atoms with Crippen LogP contribution in [0.1, 0.15) is 84.5 Å². The van der Waals surface area contributed by atoms with E-state index in [1.54, 1.807) is 13.0 Å². The van der Waals surface area contributed by atoms with Crippen LogP contribution < -0.4 is 5.32 Å². The summed E-state index contributed by atoms with van der Waals surface area (Å²) in [6, 6.07) is -1.43. The Morgan fingerprint density at radius 3 is 2.40 bits per heavy atom. The van der Waals surface area contributed by atoms with E-state index in [4.69, 9.17) is 14.9 Å². The molecule has 7 atom stereocenters. The molecule has 230 valence electrons. The number of carbonyl (C=O) groups is 7. The van der Waals surface area contributed by atoms with Crippen molar-refractivity contribution in [3.8, 4) is 0 Å². The van der Waals surface area contributed by atoms with Crippen LogP contribution in [-0.2, 0) is 38.3 Å². The predicted molar refractivity (Wildman–Crippen MR) is 144 cm³/mol. The molecule has 3 fully saturated rings. The van der Waals surface area contributed by atoms with Crippen LogP contribution in [0.25, 0.3) is 0 Å². The standard InChI is InChI=1S/C30H39NO11/c1-28-11-9-17(32)13-16(28)3-4-18-19-10-12-30(41,29(19,2)14-21(33)26(18)28)22(34)15-42-25(38)8-6-23(35)31-20(27(39)40)5-7-24(36)37/h13,18-20,26,41H,3-12,14-15H2,1-2H3,(H,31,35)(H,36,37)(H,39,40)/t18-,19-,20?,26+,28-,29-,30-/m0/s1. The van der Waals surface area contributed by atoms with Gasteiger partial charge in [0.1, 0.15) is 17.4 Å². The number of aliphatic hydroxyl groups is 1. The van der Waals surface area contributed by atoms with Crippen molar-refractivity contribution in [3.63, 3.8) is 0 Å². The lowest BCUT2D eigenvalue weighted by molar-refractivity contribution is -0.174. The van der Waals surface area contributed by atoms with Crippen LogP contribution in [0.3, 0.4) is 0 Å². The zero-order valence-electron chi connectivity index (χ0n) is 24.0. The largest absolute Gasteiger partial charge is 0.481 e. The minimum atomic E-state index is -1.87. The van der Waals surface area contributed by atoms with Crippen molar-refractivity contribution in [1.29, 1.82) is 0 Å². The number of hydrogen-bond acceptors (Lipinski definition) is 9. The van der Waals surface area contributed by atoms with Crippen molar-refractivity contribution in [3.05, 3.63) is 11.6 Å². The molecule has 0 radical (unpaired) electrons. The summed E-state index contributed by atoms with van der Waals surface area (Å²) in [4.78, 5) is 85.4. The molecule has 1 unspecified atom stereocenters. The number of Topliss-reactive ketones (excluding diaryl/α,β-unsaturated/α-hetero) is 2. The number of hydrogen-bond donors (Lipinski definition) is 4. The van der Waals surface area contributed by atoms with Crippen molar-refractivity contribution in [1.82, 2.24) is 5.32 Å². The molecule has 3 saturated carbocycles. The number of nitrogens with one attached hydrogen (secondary N) is 1. The summed E-state index contributed by atoms with van der Waals surface area (Å²) in [6.07, 6.45) is 3.13. The van der Waals surface area contributed by atoms with E-state index >= 15 is 0 Å². The number of carboxylic acid groups (broad SMARTS) is 2. The summed E-state index contributed by atoms with van der Waals surface area (Å²) in [6.45, 7) is 3.10. The van der Waals surface area contributed by atoms with Crippen LogP contribution in [0, 0.1) is 28.6 Å². The molecule has 0 aromatic heterocycles. The number of ether oxygens (including phenoxy) is 1. The van der Waals surface area contributed by atoms with Gasteiger partial charge in [0.25, 0.3) is 0 Å². The zero-order valence-corrected chi connectivity index (χ0v) is 24.0. The Balaban J connectivity index is 1.35. The van der Waals surface area contributed by atoms with E-state index < -0.39 is 77.9 Å². The Hall–Kier alpha value is -3.41. The molecular formula is C30H39NO11. The highest BCUT2D eigenvalue weighted by atomic mass is 16.5. The maximum absolute atomic E-state index is 13.7. The topological polar surface area (TPSA) is 201 Å². The maximum atomic E-state index is 13.7. The highest BCUT2D eigenvalue weighted by Gasteiger charge is 2.68. The van der Waals surface area contributed by atoms with Gasteiger partial charge in [-0.2, -0.15) is 0 Å². The second-order valence-corrected chi connectivity index (χ2v) is 12.8. The first-order chi connectivity index (χ1) is 19.6. The monoisotopic (exact) mass is 589 g/mol. The lowest BCUT2D eigenvalue weighted by Crippen LogP contribution is -2.61. The quantitative estimate of drug-likeness (QED) is 0.256. The second-order valence-electron chi connectivity index (χ2n) is 12.8. The SMILES string of the molecule is C[C@]12CCC(=O)C=C1CC[C@@H]1[C@@H]2C(=O)C[C@@]2(C)[C@H]1CC[C@]2(O)C(=O)COC(=O)CCC(=O)NC(CCC(=O)O)C(=O)O. The van der Waals surface area contributed by atoms with E-state index in [1.165, 1.54) is 0 Å². The molecule has 0 heterocycles. The molecule has 42 heavy (non-hydrogen) atoms. The van der Waals surface area contributed by atoms with Crippen LogP contribution in [0.15, 0.2) is 11.6 Å². The zero-order chi connectivity index (χ0) is 31.0. The number of esters is 1. The molecular weight excluding hydrogens is 550 g/mol. The third kappa shape index (κ3) is 5.65. The average molecular weight is 590 g/mol. The molecule has 0 aromatic rings. The van der Waals surface area contributed by atoms with E-state index in [1.807, 2.05) is 0 Å². The molecule has 0 saturated heterocycles. The number of aliphatic carboxylic acids is 2. The van der Waals surface area contributed by atoms with E-state index in [9.17, 15) is 38.7 Å². The Morgan fingerprint density at radius 2 is 1.74 bits per heavy atom. The first-order valence-electron chi connectivity index (χ1n) is 14.5. The maximum Gasteiger partial charge on any atom is 0.326 e. The molecule has 0 spiro atoms. The van der Waals surface area contributed by atoms with Gasteiger partial charge in [0.15, 0.2) is 12.4 Å². The van der Waals surface area contributed by atoms with Crippen molar-refractivity contribution < 1.29 is 53.6 Å². The molecule has 12 nitrogen and oxygen atoms in total. The third-order valence-electron chi connectivity index (χ3n) is 10.5. The van der Waals surface area contributed by atoms with Crippen molar-refractivity contribution >= 4 is 41.2 Å². The highest BCUT2D eigenvalue weighted by molar-refractivity contribution is 5.95. The van der Waals surface area contributed by atoms with E-state index in [2.05, 4.69) is 12.2 Å². The fourth-order valence-corrected chi connectivity index (χ4v) is 8.19. The molecule has 12 heteroatoms. The van der Waals surface area contributed by atoms with Gasteiger partial charge in [0.05, 0.1) is 6.42 Å². The van der Waals surface area contributed by atoms with Gasteiger partial charge in [0, 0.05) is 37.0 Å². The lowest BCUT2D eigenvalue weighted by Gasteiger charge is -2.57. The minimum absolute atomic E-state index is 0.0125.